The monoisotopic (exact) mass is 243 g/mol. The Morgan fingerprint density at radius 3 is 2.89 bits per heavy atom. The highest BCUT2D eigenvalue weighted by atomic mass is 19.1. The maximum absolute atomic E-state index is 13.0. The zero-order chi connectivity index (χ0) is 13.4. The van der Waals surface area contributed by atoms with E-state index < -0.39 is 0 Å². The minimum absolute atomic E-state index is 0.291. The van der Waals surface area contributed by atoms with Gasteiger partial charge in [0.15, 0.2) is 0 Å². The highest BCUT2D eigenvalue weighted by molar-refractivity contribution is 5.49. The standard InChI is InChI=1S/C16H18FN/c1-4-7-15(17)10-6-9-14-11-13(3)16(8-5-2)18-12-14/h4-8,10-12H,1,9H2,2-3H3/b8-5-,10-6-,15-7+. The zero-order valence-corrected chi connectivity index (χ0v) is 10.9. The van der Waals surface area contributed by atoms with Gasteiger partial charge in [0.1, 0.15) is 5.83 Å². The molecule has 0 N–H and O–H groups in total. The van der Waals surface area contributed by atoms with Crippen molar-refractivity contribution in [2.24, 2.45) is 0 Å². The summed E-state index contributed by atoms with van der Waals surface area (Å²) in [6.45, 7) is 7.43. The van der Waals surface area contributed by atoms with Gasteiger partial charge in [-0.2, -0.15) is 0 Å². The Labute approximate surface area is 108 Å². The summed E-state index contributed by atoms with van der Waals surface area (Å²) in [7, 11) is 0. The quantitative estimate of drug-likeness (QED) is 0.691. The molecule has 0 bridgehead atoms. The average Bonchev–Trinajstić information content (AvgIpc) is 2.33. The third kappa shape index (κ3) is 4.50. The van der Waals surface area contributed by atoms with Crippen molar-refractivity contribution in [3.05, 3.63) is 71.9 Å². The molecule has 0 amide bonds. The van der Waals surface area contributed by atoms with Crippen molar-refractivity contribution in [3.8, 4) is 0 Å². The Kier molecular flexibility index (Phi) is 5.78. The van der Waals surface area contributed by atoms with Crippen LogP contribution in [0.2, 0.25) is 0 Å². The van der Waals surface area contributed by atoms with Crippen LogP contribution < -0.4 is 0 Å². The van der Waals surface area contributed by atoms with Gasteiger partial charge in [0, 0.05) is 6.20 Å². The second kappa shape index (κ2) is 7.38. The van der Waals surface area contributed by atoms with E-state index in [1.165, 1.54) is 18.2 Å². The van der Waals surface area contributed by atoms with Gasteiger partial charge in [-0.25, -0.2) is 4.39 Å². The number of allylic oxidation sites excluding steroid dienone is 6. The summed E-state index contributed by atoms with van der Waals surface area (Å²) in [6, 6.07) is 2.07. The minimum Gasteiger partial charge on any atom is -0.256 e. The predicted molar refractivity (Wildman–Crippen MR) is 75.9 cm³/mol. The van der Waals surface area contributed by atoms with Gasteiger partial charge in [0.25, 0.3) is 0 Å². The molecule has 2 heteroatoms. The molecule has 0 unspecified atom stereocenters. The van der Waals surface area contributed by atoms with Crippen LogP contribution in [-0.4, -0.2) is 4.98 Å². The van der Waals surface area contributed by atoms with E-state index in [-0.39, 0.29) is 5.83 Å². The molecule has 18 heavy (non-hydrogen) atoms. The molecular formula is C16H18FN. The first-order valence-corrected chi connectivity index (χ1v) is 5.90. The van der Waals surface area contributed by atoms with E-state index in [0.29, 0.717) is 6.42 Å². The normalized spacial score (nSPS) is 12.5. The lowest BCUT2D eigenvalue weighted by Gasteiger charge is -2.02. The summed E-state index contributed by atoms with van der Waals surface area (Å²) in [5.74, 6) is -0.291. The van der Waals surface area contributed by atoms with Gasteiger partial charge in [-0.3, -0.25) is 4.98 Å². The molecule has 0 aliphatic rings. The number of rotatable bonds is 5. The molecule has 1 rings (SSSR count). The Balaban J connectivity index is 2.72. The van der Waals surface area contributed by atoms with Crippen LogP contribution >= 0.6 is 0 Å². The number of aryl methyl sites for hydroxylation is 1. The summed E-state index contributed by atoms with van der Waals surface area (Å²) in [4.78, 5) is 4.36. The van der Waals surface area contributed by atoms with Crippen molar-refractivity contribution in [1.29, 1.82) is 0 Å². The molecule has 0 aromatic carbocycles. The second-order valence-corrected chi connectivity index (χ2v) is 3.94. The highest BCUT2D eigenvalue weighted by Crippen LogP contribution is 2.11. The Morgan fingerprint density at radius 1 is 1.50 bits per heavy atom. The first-order chi connectivity index (χ1) is 8.67. The molecule has 0 spiro atoms. The molecule has 1 aromatic heterocycles. The van der Waals surface area contributed by atoms with Gasteiger partial charge in [-0.15, -0.1) is 0 Å². The first-order valence-electron chi connectivity index (χ1n) is 5.90. The van der Waals surface area contributed by atoms with Crippen molar-refractivity contribution < 1.29 is 4.39 Å². The van der Waals surface area contributed by atoms with Crippen LogP contribution in [0.5, 0.6) is 0 Å². The fraction of sp³-hybridized carbons (Fsp3) is 0.188. The van der Waals surface area contributed by atoms with E-state index in [0.717, 1.165) is 16.8 Å². The Hall–Kier alpha value is -1.96. The smallest absolute Gasteiger partial charge is 0.122 e. The third-order valence-electron chi connectivity index (χ3n) is 2.41. The SMILES string of the molecule is C=C/C=C(F)\C=C/Cc1cnc(/C=C\C)c(C)c1. The molecule has 0 aliphatic carbocycles. The topological polar surface area (TPSA) is 12.9 Å². The summed E-state index contributed by atoms with van der Waals surface area (Å²) < 4.78 is 13.0. The third-order valence-corrected chi connectivity index (χ3v) is 2.41. The molecule has 0 saturated heterocycles. The Bertz CT molecular complexity index is 496. The maximum Gasteiger partial charge on any atom is 0.122 e. The van der Waals surface area contributed by atoms with E-state index in [1.54, 1.807) is 6.08 Å². The van der Waals surface area contributed by atoms with E-state index >= 15 is 0 Å². The molecular weight excluding hydrogens is 225 g/mol. The highest BCUT2D eigenvalue weighted by Gasteiger charge is 1.97. The van der Waals surface area contributed by atoms with E-state index in [1.807, 2.05) is 32.2 Å². The molecule has 1 aromatic rings. The number of hydrogen-bond acceptors (Lipinski definition) is 1. The van der Waals surface area contributed by atoms with E-state index in [4.69, 9.17) is 0 Å². The number of halogens is 1. The van der Waals surface area contributed by atoms with Crippen molar-refractivity contribution in [1.82, 2.24) is 4.98 Å². The fourth-order valence-corrected chi connectivity index (χ4v) is 1.56. The van der Waals surface area contributed by atoms with Crippen molar-refractivity contribution in [3.63, 3.8) is 0 Å². The van der Waals surface area contributed by atoms with Crippen molar-refractivity contribution in [2.45, 2.75) is 20.3 Å². The zero-order valence-electron chi connectivity index (χ0n) is 10.9. The second-order valence-electron chi connectivity index (χ2n) is 3.94. The summed E-state index contributed by atoms with van der Waals surface area (Å²) in [5, 5.41) is 0. The van der Waals surface area contributed by atoms with Crippen molar-refractivity contribution in [2.75, 3.05) is 0 Å². The van der Waals surface area contributed by atoms with E-state index in [2.05, 4.69) is 17.6 Å². The van der Waals surface area contributed by atoms with Gasteiger partial charge in [0.2, 0.25) is 0 Å². The molecule has 0 radical (unpaired) electrons. The molecule has 94 valence electrons. The Morgan fingerprint density at radius 2 is 2.28 bits per heavy atom. The van der Waals surface area contributed by atoms with Crippen molar-refractivity contribution >= 4 is 6.08 Å². The van der Waals surface area contributed by atoms with Crippen LogP contribution in [0.1, 0.15) is 23.7 Å². The molecule has 0 saturated carbocycles. The molecule has 0 fully saturated rings. The van der Waals surface area contributed by atoms with Crippen LogP contribution in [-0.2, 0) is 6.42 Å². The lowest BCUT2D eigenvalue weighted by molar-refractivity contribution is 0.666. The fourth-order valence-electron chi connectivity index (χ4n) is 1.56. The van der Waals surface area contributed by atoms with Gasteiger partial charge in [-0.05, 0) is 49.6 Å². The summed E-state index contributed by atoms with van der Waals surface area (Å²) in [5.41, 5.74) is 3.17. The lowest BCUT2D eigenvalue weighted by atomic mass is 10.1. The number of aromatic nitrogens is 1. The summed E-state index contributed by atoms with van der Waals surface area (Å²) >= 11 is 0. The van der Waals surface area contributed by atoms with Gasteiger partial charge >= 0.3 is 0 Å². The van der Waals surface area contributed by atoms with E-state index in [9.17, 15) is 4.39 Å². The van der Waals surface area contributed by atoms with Gasteiger partial charge < -0.3 is 0 Å². The molecule has 1 nitrogen and oxygen atoms in total. The largest absolute Gasteiger partial charge is 0.256 e. The first kappa shape index (κ1) is 14.1. The van der Waals surface area contributed by atoms with Crippen LogP contribution in [0.4, 0.5) is 4.39 Å². The summed E-state index contributed by atoms with van der Waals surface area (Å²) in [6.07, 6.45) is 12.4. The number of pyridine rings is 1. The maximum atomic E-state index is 13.0. The lowest BCUT2D eigenvalue weighted by Crippen LogP contribution is -1.90. The predicted octanol–water partition coefficient (Wildman–Crippen LogP) is 4.56. The van der Waals surface area contributed by atoms with Crippen LogP contribution in [0.25, 0.3) is 6.08 Å². The molecule has 0 aliphatic heterocycles. The number of hydrogen-bond donors (Lipinski definition) is 0. The van der Waals surface area contributed by atoms with Crippen LogP contribution in [0.15, 0.2) is 55.0 Å². The minimum atomic E-state index is -0.291. The molecule has 1 heterocycles. The molecule has 0 atom stereocenters. The van der Waals surface area contributed by atoms with Gasteiger partial charge in [0.05, 0.1) is 5.69 Å². The van der Waals surface area contributed by atoms with Crippen LogP contribution in [0.3, 0.4) is 0 Å². The van der Waals surface area contributed by atoms with Gasteiger partial charge in [-0.1, -0.05) is 30.9 Å². The number of nitrogens with zero attached hydrogens (tertiary/aromatic N) is 1. The average molecular weight is 243 g/mol. The van der Waals surface area contributed by atoms with Crippen LogP contribution in [0, 0.1) is 6.92 Å².